The van der Waals surface area contributed by atoms with Crippen molar-refractivity contribution in [3.63, 3.8) is 0 Å². The average Bonchev–Trinajstić information content (AvgIpc) is 3.01. The van der Waals surface area contributed by atoms with Gasteiger partial charge in [-0.15, -0.1) is 0 Å². The molecule has 0 bridgehead atoms. The number of benzene rings is 1. The van der Waals surface area contributed by atoms with Crippen LogP contribution in [0.3, 0.4) is 0 Å². The topological polar surface area (TPSA) is 42.4 Å². The van der Waals surface area contributed by atoms with Gasteiger partial charge in [-0.1, -0.05) is 43.7 Å². The van der Waals surface area contributed by atoms with Gasteiger partial charge >= 0.3 is 0 Å². The molecule has 21 heavy (non-hydrogen) atoms. The summed E-state index contributed by atoms with van der Waals surface area (Å²) in [6.45, 7) is 8.15. The lowest BCUT2D eigenvalue weighted by atomic mass is 9.95. The number of nitrogens with two attached hydrogens (primary N) is 1. The Morgan fingerprint density at radius 1 is 1.14 bits per heavy atom. The van der Waals surface area contributed by atoms with Crippen molar-refractivity contribution in [2.45, 2.75) is 45.8 Å². The quantitative estimate of drug-likeness (QED) is 0.839. The lowest BCUT2D eigenvalue weighted by molar-refractivity contribution is 0.157. The Balaban J connectivity index is 2.26. The fourth-order valence-electron chi connectivity index (χ4n) is 2.73. The summed E-state index contributed by atoms with van der Waals surface area (Å²) in [5.41, 5.74) is 8.98. The first-order valence-corrected chi connectivity index (χ1v) is 7.74. The summed E-state index contributed by atoms with van der Waals surface area (Å²) >= 11 is 0. The molecule has 2 rings (SSSR count). The molecule has 1 heterocycles. The van der Waals surface area contributed by atoms with Gasteiger partial charge in [0.05, 0.1) is 18.8 Å². The van der Waals surface area contributed by atoms with Gasteiger partial charge in [0, 0.05) is 6.04 Å². The zero-order valence-electron chi connectivity index (χ0n) is 13.3. The highest BCUT2D eigenvalue weighted by Gasteiger charge is 2.25. The van der Waals surface area contributed by atoms with Crippen LogP contribution in [0.15, 0.2) is 47.1 Å². The predicted octanol–water partition coefficient (Wildman–Crippen LogP) is 3.89. The van der Waals surface area contributed by atoms with Gasteiger partial charge in [0.1, 0.15) is 5.76 Å². The van der Waals surface area contributed by atoms with E-state index in [1.54, 1.807) is 6.26 Å². The van der Waals surface area contributed by atoms with Gasteiger partial charge in [-0.05, 0) is 37.6 Å². The Labute approximate surface area is 127 Å². The summed E-state index contributed by atoms with van der Waals surface area (Å²) in [7, 11) is 0. The fraction of sp³-hybridized carbons (Fsp3) is 0.444. The van der Waals surface area contributed by atoms with Crippen LogP contribution in [0.2, 0.25) is 0 Å². The molecule has 3 heteroatoms. The van der Waals surface area contributed by atoms with Gasteiger partial charge < -0.3 is 10.2 Å². The number of likely N-dealkylation sites (N-methyl/N-ethyl adjacent to an activating group) is 1. The van der Waals surface area contributed by atoms with Gasteiger partial charge in [0.25, 0.3) is 0 Å². The molecule has 0 aliphatic carbocycles. The summed E-state index contributed by atoms with van der Waals surface area (Å²) < 4.78 is 5.50. The zero-order valence-corrected chi connectivity index (χ0v) is 13.3. The molecule has 2 atom stereocenters. The van der Waals surface area contributed by atoms with Crippen molar-refractivity contribution in [3.8, 4) is 0 Å². The zero-order chi connectivity index (χ0) is 15.2. The monoisotopic (exact) mass is 286 g/mol. The Kier molecular flexibility index (Phi) is 5.59. The molecule has 2 N–H and O–H groups in total. The smallest absolute Gasteiger partial charge is 0.117 e. The summed E-state index contributed by atoms with van der Waals surface area (Å²) in [6, 6.07) is 13.0. The van der Waals surface area contributed by atoms with E-state index in [1.165, 1.54) is 11.1 Å². The Morgan fingerprint density at radius 2 is 1.86 bits per heavy atom. The first-order valence-electron chi connectivity index (χ1n) is 7.74. The lowest BCUT2D eigenvalue weighted by Crippen LogP contribution is -2.40. The van der Waals surface area contributed by atoms with Crippen molar-refractivity contribution in [1.29, 1.82) is 0 Å². The van der Waals surface area contributed by atoms with E-state index in [0.29, 0.717) is 0 Å². The second-order valence-corrected chi connectivity index (χ2v) is 5.57. The highest BCUT2D eigenvalue weighted by molar-refractivity contribution is 5.25. The molecule has 0 aliphatic heterocycles. The minimum atomic E-state index is 0.114. The molecule has 114 valence electrons. The number of hydrogen-bond donors (Lipinski definition) is 1. The standard InChI is InChI=1S/C18H26N2O/c1-4-17(19)18(15-10-8-14(3)9-11-15)20(5-2)13-16-7-6-12-21-16/h6-12,17-18H,4-5,13,19H2,1-3H3. The number of hydrogen-bond acceptors (Lipinski definition) is 3. The summed E-state index contributed by atoms with van der Waals surface area (Å²) in [5.74, 6) is 0.984. The van der Waals surface area contributed by atoms with Crippen LogP contribution in [0.1, 0.15) is 43.2 Å². The van der Waals surface area contributed by atoms with Crippen molar-refractivity contribution in [2.75, 3.05) is 6.54 Å². The first kappa shape index (κ1) is 15.8. The van der Waals surface area contributed by atoms with Crippen molar-refractivity contribution < 1.29 is 4.42 Å². The molecule has 0 saturated carbocycles. The first-order chi connectivity index (χ1) is 10.2. The molecule has 1 aromatic carbocycles. The van der Waals surface area contributed by atoms with E-state index in [4.69, 9.17) is 10.2 Å². The molecular weight excluding hydrogens is 260 g/mol. The van der Waals surface area contributed by atoms with Gasteiger partial charge in [-0.3, -0.25) is 4.90 Å². The molecule has 0 fully saturated rings. The molecule has 3 nitrogen and oxygen atoms in total. The third-order valence-corrected chi connectivity index (χ3v) is 4.03. The molecule has 2 aromatic rings. The van der Waals surface area contributed by atoms with Gasteiger partial charge in [0.2, 0.25) is 0 Å². The van der Waals surface area contributed by atoms with E-state index < -0.39 is 0 Å². The average molecular weight is 286 g/mol. The maximum Gasteiger partial charge on any atom is 0.117 e. The van der Waals surface area contributed by atoms with E-state index in [-0.39, 0.29) is 12.1 Å². The Bertz CT molecular complexity index is 519. The molecule has 0 amide bonds. The fourth-order valence-corrected chi connectivity index (χ4v) is 2.73. The van der Waals surface area contributed by atoms with E-state index in [0.717, 1.165) is 25.3 Å². The summed E-state index contributed by atoms with van der Waals surface area (Å²) in [5, 5.41) is 0. The van der Waals surface area contributed by atoms with Crippen molar-refractivity contribution in [3.05, 3.63) is 59.5 Å². The largest absolute Gasteiger partial charge is 0.468 e. The van der Waals surface area contributed by atoms with Gasteiger partial charge in [-0.2, -0.15) is 0 Å². The van der Waals surface area contributed by atoms with Crippen molar-refractivity contribution in [2.24, 2.45) is 5.73 Å². The molecular formula is C18H26N2O. The summed E-state index contributed by atoms with van der Waals surface area (Å²) in [4.78, 5) is 2.39. The third-order valence-electron chi connectivity index (χ3n) is 4.03. The van der Waals surface area contributed by atoms with E-state index in [1.807, 2.05) is 12.1 Å². The van der Waals surface area contributed by atoms with Crippen LogP contribution in [-0.4, -0.2) is 17.5 Å². The maximum atomic E-state index is 6.42. The summed E-state index contributed by atoms with van der Waals surface area (Å²) in [6.07, 6.45) is 2.68. The Morgan fingerprint density at radius 3 is 2.38 bits per heavy atom. The van der Waals surface area contributed by atoms with Crippen molar-refractivity contribution >= 4 is 0 Å². The molecule has 0 spiro atoms. The van der Waals surface area contributed by atoms with E-state index >= 15 is 0 Å². The number of aryl methyl sites for hydroxylation is 1. The van der Waals surface area contributed by atoms with Crippen LogP contribution in [-0.2, 0) is 6.54 Å². The highest BCUT2D eigenvalue weighted by atomic mass is 16.3. The minimum absolute atomic E-state index is 0.114. The van der Waals surface area contributed by atoms with Gasteiger partial charge in [-0.25, -0.2) is 0 Å². The third kappa shape index (κ3) is 3.96. The molecule has 0 saturated heterocycles. The van der Waals surface area contributed by atoms with Crippen LogP contribution >= 0.6 is 0 Å². The normalized spacial score (nSPS) is 14.3. The van der Waals surface area contributed by atoms with Crippen LogP contribution < -0.4 is 5.73 Å². The highest BCUT2D eigenvalue weighted by Crippen LogP contribution is 2.27. The second-order valence-electron chi connectivity index (χ2n) is 5.57. The molecule has 0 radical (unpaired) electrons. The number of rotatable bonds is 7. The van der Waals surface area contributed by atoms with E-state index in [9.17, 15) is 0 Å². The minimum Gasteiger partial charge on any atom is -0.468 e. The Hall–Kier alpha value is -1.58. The van der Waals surface area contributed by atoms with Gasteiger partial charge in [0.15, 0.2) is 0 Å². The SMILES string of the molecule is CCC(N)C(c1ccc(C)cc1)N(CC)Cc1ccco1. The van der Waals surface area contributed by atoms with Crippen LogP contribution in [0.5, 0.6) is 0 Å². The van der Waals surface area contributed by atoms with Crippen LogP contribution in [0.4, 0.5) is 0 Å². The number of nitrogens with zero attached hydrogens (tertiary/aromatic N) is 1. The van der Waals surface area contributed by atoms with Crippen LogP contribution in [0, 0.1) is 6.92 Å². The number of furan rings is 1. The molecule has 0 aliphatic rings. The van der Waals surface area contributed by atoms with E-state index in [2.05, 4.69) is 49.9 Å². The van der Waals surface area contributed by atoms with Crippen molar-refractivity contribution in [1.82, 2.24) is 4.90 Å². The van der Waals surface area contributed by atoms with Crippen LogP contribution in [0.25, 0.3) is 0 Å². The second kappa shape index (κ2) is 7.43. The molecule has 1 aromatic heterocycles. The molecule has 2 unspecified atom stereocenters. The lowest BCUT2D eigenvalue weighted by Gasteiger charge is -2.34. The maximum absolute atomic E-state index is 6.42. The predicted molar refractivity (Wildman–Crippen MR) is 87.0 cm³/mol.